The van der Waals surface area contributed by atoms with Crippen LogP contribution in [0.2, 0.25) is 0 Å². The molecular weight excluding hydrogens is 386 g/mol. The Kier molecular flexibility index (Phi) is 4.93. The van der Waals surface area contributed by atoms with Crippen molar-refractivity contribution in [3.05, 3.63) is 77.3 Å². The number of carboxylic acids is 1. The smallest absolute Gasteiger partial charge is 0.255 e. The maximum atomic E-state index is 13.3. The molecule has 0 fully saturated rings. The summed E-state index contributed by atoms with van der Waals surface area (Å²) in [4.78, 5) is 28.6. The van der Waals surface area contributed by atoms with Gasteiger partial charge in [0.25, 0.3) is 5.91 Å². The Bertz CT molecular complexity index is 1150. The number of ether oxygens (including phenoxy) is 1. The summed E-state index contributed by atoms with van der Waals surface area (Å²) < 4.78 is 6.90. The molecule has 2 N–H and O–H groups in total. The number of nitrogens with one attached hydrogen (secondary N) is 2. The monoisotopic (exact) mass is 404 g/mol. The minimum atomic E-state index is -1.27. The average Bonchev–Trinajstić information content (AvgIpc) is 3.21. The van der Waals surface area contributed by atoms with Crippen LogP contribution in [-0.2, 0) is 4.79 Å². The van der Waals surface area contributed by atoms with Gasteiger partial charge >= 0.3 is 0 Å². The zero-order valence-electron chi connectivity index (χ0n) is 16.2. The van der Waals surface area contributed by atoms with Gasteiger partial charge in [-0.05, 0) is 30.2 Å². The van der Waals surface area contributed by atoms with Crippen LogP contribution >= 0.6 is 0 Å². The lowest BCUT2D eigenvalue weighted by atomic mass is 9.94. The third kappa shape index (κ3) is 3.37. The molecular formula is C21H18N5O4-. The van der Waals surface area contributed by atoms with Crippen molar-refractivity contribution in [2.75, 3.05) is 17.7 Å². The number of nitrogens with zero attached hydrogens (tertiary/aromatic N) is 3. The van der Waals surface area contributed by atoms with E-state index in [1.54, 1.807) is 41.9 Å². The second-order valence-corrected chi connectivity index (χ2v) is 6.66. The van der Waals surface area contributed by atoms with Crippen molar-refractivity contribution in [3.8, 4) is 5.75 Å². The molecule has 0 radical (unpaired) electrons. The van der Waals surface area contributed by atoms with E-state index in [1.165, 1.54) is 25.6 Å². The minimum Gasteiger partial charge on any atom is -0.545 e. The number of aromatic nitrogens is 3. The summed E-state index contributed by atoms with van der Waals surface area (Å²) in [5.74, 6) is -0.603. The first-order valence-electron chi connectivity index (χ1n) is 9.12. The van der Waals surface area contributed by atoms with Crippen LogP contribution in [-0.4, -0.2) is 33.8 Å². The van der Waals surface area contributed by atoms with Crippen LogP contribution in [0.25, 0.3) is 0 Å². The first-order valence-corrected chi connectivity index (χ1v) is 9.12. The Morgan fingerprint density at radius 2 is 1.90 bits per heavy atom. The van der Waals surface area contributed by atoms with Crippen molar-refractivity contribution in [2.24, 2.45) is 0 Å². The average molecular weight is 404 g/mol. The first kappa shape index (κ1) is 19.2. The van der Waals surface area contributed by atoms with E-state index in [2.05, 4.69) is 20.7 Å². The second kappa shape index (κ2) is 7.70. The molecule has 0 unspecified atom stereocenters. The van der Waals surface area contributed by atoms with Gasteiger partial charge in [0.15, 0.2) is 0 Å². The SMILES string of the molecule is COc1ccccc1NC(=O)C1=C(C)Nc2ncnn2[C@H]1c1ccc(C(=O)[O-])cc1. The van der Waals surface area contributed by atoms with Crippen LogP contribution in [0.5, 0.6) is 5.75 Å². The molecule has 152 valence electrons. The van der Waals surface area contributed by atoms with Crippen molar-refractivity contribution in [1.82, 2.24) is 14.8 Å². The highest BCUT2D eigenvalue weighted by Crippen LogP contribution is 2.36. The van der Waals surface area contributed by atoms with Crippen LogP contribution in [0.15, 0.2) is 66.1 Å². The lowest BCUT2D eigenvalue weighted by Gasteiger charge is -2.29. The Balaban J connectivity index is 1.75. The van der Waals surface area contributed by atoms with E-state index in [1.807, 2.05) is 6.07 Å². The van der Waals surface area contributed by atoms with E-state index in [0.29, 0.717) is 34.2 Å². The molecule has 30 heavy (non-hydrogen) atoms. The number of hydrogen-bond donors (Lipinski definition) is 2. The number of amides is 1. The van der Waals surface area contributed by atoms with Crippen molar-refractivity contribution < 1.29 is 19.4 Å². The highest BCUT2D eigenvalue weighted by atomic mass is 16.5. The molecule has 3 aromatic rings. The van der Waals surface area contributed by atoms with E-state index in [9.17, 15) is 14.7 Å². The van der Waals surface area contributed by atoms with Gasteiger partial charge in [-0.2, -0.15) is 10.1 Å². The summed E-state index contributed by atoms with van der Waals surface area (Å²) >= 11 is 0. The summed E-state index contributed by atoms with van der Waals surface area (Å²) in [5, 5.41) is 21.3. The predicted octanol–water partition coefficient (Wildman–Crippen LogP) is 1.58. The summed E-state index contributed by atoms with van der Waals surface area (Å²) in [6.07, 6.45) is 1.39. The number of methoxy groups -OCH3 is 1. The summed E-state index contributed by atoms with van der Waals surface area (Å²) in [6, 6.07) is 12.6. The third-order valence-electron chi connectivity index (χ3n) is 4.86. The van der Waals surface area contributed by atoms with E-state index < -0.39 is 12.0 Å². The van der Waals surface area contributed by atoms with Crippen LogP contribution in [0.3, 0.4) is 0 Å². The number of aromatic carboxylic acids is 1. The normalized spacial score (nSPS) is 15.2. The second-order valence-electron chi connectivity index (χ2n) is 6.66. The number of fused-ring (bicyclic) bond motifs is 1. The number of rotatable bonds is 5. The molecule has 1 aliphatic heterocycles. The van der Waals surface area contributed by atoms with Gasteiger partial charge in [-0.1, -0.05) is 36.4 Å². The molecule has 0 saturated heterocycles. The Labute approximate surface area is 172 Å². The molecule has 0 spiro atoms. The molecule has 0 aliphatic carbocycles. The maximum Gasteiger partial charge on any atom is 0.255 e. The molecule has 1 atom stereocenters. The highest BCUT2D eigenvalue weighted by molar-refractivity contribution is 6.06. The topological polar surface area (TPSA) is 121 Å². The highest BCUT2D eigenvalue weighted by Gasteiger charge is 2.33. The van der Waals surface area contributed by atoms with Gasteiger partial charge in [0.2, 0.25) is 5.95 Å². The molecule has 9 heteroatoms. The number of carboxylic acid groups (broad SMARTS) is 1. The van der Waals surface area contributed by atoms with E-state index in [0.717, 1.165) is 0 Å². The molecule has 2 aromatic carbocycles. The van der Waals surface area contributed by atoms with Crippen molar-refractivity contribution >= 4 is 23.5 Å². The Morgan fingerprint density at radius 1 is 1.17 bits per heavy atom. The number of hydrogen-bond acceptors (Lipinski definition) is 7. The van der Waals surface area contributed by atoms with E-state index >= 15 is 0 Å². The lowest BCUT2D eigenvalue weighted by Crippen LogP contribution is -2.31. The molecule has 2 heterocycles. The Hall–Kier alpha value is -4.14. The lowest BCUT2D eigenvalue weighted by molar-refractivity contribution is -0.255. The maximum absolute atomic E-state index is 13.3. The first-order chi connectivity index (χ1) is 14.5. The van der Waals surface area contributed by atoms with Gasteiger partial charge < -0.3 is 25.3 Å². The van der Waals surface area contributed by atoms with Gasteiger partial charge in [0.1, 0.15) is 18.1 Å². The fraction of sp³-hybridized carbons (Fsp3) is 0.143. The van der Waals surface area contributed by atoms with Crippen molar-refractivity contribution in [3.63, 3.8) is 0 Å². The number of benzene rings is 2. The van der Waals surface area contributed by atoms with Gasteiger partial charge in [-0.25, -0.2) is 4.68 Å². The number of para-hydroxylation sites is 2. The van der Waals surface area contributed by atoms with Crippen LogP contribution in [0.1, 0.15) is 28.9 Å². The van der Waals surface area contributed by atoms with Crippen molar-refractivity contribution in [1.29, 1.82) is 0 Å². The van der Waals surface area contributed by atoms with Gasteiger partial charge in [0, 0.05) is 5.70 Å². The van der Waals surface area contributed by atoms with Gasteiger partial charge in [-0.3, -0.25) is 4.79 Å². The number of allylic oxidation sites excluding steroid dienone is 1. The van der Waals surface area contributed by atoms with Crippen LogP contribution in [0, 0.1) is 0 Å². The zero-order chi connectivity index (χ0) is 21.3. The summed E-state index contributed by atoms with van der Waals surface area (Å²) in [7, 11) is 1.53. The number of anilines is 2. The molecule has 1 aromatic heterocycles. The molecule has 0 bridgehead atoms. The molecule has 9 nitrogen and oxygen atoms in total. The quantitative estimate of drug-likeness (QED) is 0.662. The Morgan fingerprint density at radius 3 is 2.60 bits per heavy atom. The van der Waals surface area contributed by atoms with Gasteiger partial charge in [-0.15, -0.1) is 0 Å². The van der Waals surface area contributed by atoms with Crippen LogP contribution in [0.4, 0.5) is 11.6 Å². The third-order valence-corrected chi connectivity index (χ3v) is 4.86. The fourth-order valence-electron chi connectivity index (χ4n) is 3.43. The minimum absolute atomic E-state index is 0.0484. The van der Waals surface area contributed by atoms with E-state index in [-0.39, 0.29) is 11.5 Å². The largest absolute Gasteiger partial charge is 0.545 e. The van der Waals surface area contributed by atoms with E-state index in [4.69, 9.17) is 4.74 Å². The summed E-state index contributed by atoms with van der Waals surface area (Å²) in [6.45, 7) is 1.78. The molecule has 1 aliphatic rings. The fourth-order valence-corrected chi connectivity index (χ4v) is 3.43. The predicted molar refractivity (Wildman–Crippen MR) is 107 cm³/mol. The summed E-state index contributed by atoms with van der Waals surface area (Å²) in [5.41, 5.74) is 2.28. The number of carbonyl (C=O) groups excluding carboxylic acids is 2. The molecule has 1 amide bonds. The molecule has 0 saturated carbocycles. The van der Waals surface area contributed by atoms with Crippen molar-refractivity contribution in [2.45, 2.75) is 13.0 Å². The molecule has 4 rings (SSSR count). The number of carbonyl (C=O) groups is 2. The van der Waals surface area contributed by atoms with Gasteiger partial charge in [0.05, 0.1) is 24.3 Å². The standard InChI is InChI=1S/C21H19N5O4/c1-12-17(19(27)25-15-5-3-4-6-16(15)30-2)18(26-21(24-12)22-11-23-26)13-7-9-14(10-8-13)20(28)29/h3-11,18H,1-2H3,(H,25,27)(H,28,29)(H,22,23,24)/p-1/t18-/m0/s1. The zero-order valence-corrected chi connectivity index (χ0v) is 16.2. The van der Waals surface area contributed by atoms with Crippen LogP contribution < -0.4 is 20.5 Å².